The maximum absolute atomic E-state index is 12.2. The highest BCUT2D eigenvalue weighted by atomic mass is 16.2. The van der Waals surface area contributed by atoms with Gasteiger partial charge in [0.2, 0.25) is 0 Å². The van der Waals surface area contributed by atoms with Crippen LogP contribution in [-0.2, 0) is 0 Å². The van der Waals surface area contributed by atoms with Gasteiger partial charge in [-0.05, 0) is 42.5 Å². The molecule has 0 spiro atoms. The number of rotatable bonds is 4. The number of anilines is 2. The topological polar surface area (TPSA) is 41.1 Å². The van der Waals surface area contributed by atoms with Gasteiger partial charge >= 0.3 is 6.03 Å². The minimum absolute atomic E-state index is 0.208. The van der Waals surface area contributed by atoms with Gasteiger partial charge in [0.25, 0.3) is 0 Å². The molecule has 1 atom stereocenters. The molecule has 110 valence electrons. The van der Waals surface area contributed by atoms with Crippen molar-refractivity contribution in [2.45, 2.75) is 33.1 Å². The van der Waals surface area contributed by atoms with Crippen LogP contribution in [-0.4, -0.2) is 6.03 Å². The third kappa shape index (κ3) is 3.85. The highest BCUT2D eigenvalue weighted by molar-refractivity contribution is 6.00. The van der Waals surface area contributed by atoms with Crippen molar-refractivity contribution in [3.05, 3.63) is 59.7 Å². The summed E-state index contributed by atoms with van der Waals surface area (Å²) in [7, 11) is 0. The number of hydrogen-bond donors (Lipinski definition) is 2. The lowest BCUT2D eigenvalue weighted by molar-refractivity contribution is 0.262. The smallest absolute Gasteiger partial charge is 0.307 e. The van der Waals surface area contributed by atoms with Gasteiger partial charge in [0.1, 0.15) is 0 Å². The van der Waals surface area contributed by atoms with E-state index in [-0.39, 0.29) is 6.03 Å². The van der Waals surface area contributed by atoms with E-state index in [1.807, 2.05) is 49.4 Å². The number of carbonyl (C=O) groups excluding carboxylic acids is 1. The van der Waals surface area contributed by atoms with Crippen LogP contribution in [0.4, 0.5) is 16.2 Å². The molecule has 2 amide bonds. The fourth-order valence-corrected chi connectivity index (χ4v) is 2.25. The molecular formula is C18H22N2O. The number of para-hydroxylation sites is 2. The van der Waals surface area contributed by atoms with Crippen molar-refractivity contribution in [3.8, 4) is 0 Å². The van der Waals surface area contributed by atoms with Crippen LogP contribution in [0.3, 0.4) is 0 Å². The van der Waals surface area contributed by atoms with E-state index in [0.29, 0.717) is 5.92 Å². The zero-order chi connectivity index (χ0) is 15.2. The molecule has 1 unspecified atom stereocenters. The predicted octanol–water partition coefficient (Wildman–Crippen LogP) is 5.15. The molecule has 0 radical (unpaired) electrons. The Balaban J connectivity index is 2.12. The van der Waals surface area contributed by atoms with E-state index in [1.54, 1.807) is 0 Å². The van der Waals surface area contributed by atoms with Crippen LogP contribution >= 0.6 is 0 Å². The first kappa shape index (κ1) is 15.1. The monoisotopic (exact) mass is 282 g/mol. The molecule has 0 aliphatic rings. The standard InChI is InChI=1S/C18H22N2O/c1-4-13(2)15-10-6-8-12-17(15)20-18(21)19-16-11-7-5-9-14(16)3/h5-13H,4H2,1-3H3,(H2,19,20,21). The van der Waals surface area contributed by atoms with Gasteiger partial charge in [0, 0.05) is 11.4 Å². The molecule has 2 N–H and O–H groups in total. The summed E-state index contributed by atoms with van der Waals surface area (Å²) in [5.74, 6) is 0.417. The highest BCUT2D eigenvalue weighted by Gasteiger charge is 2.11. The van der Waals surface area contributed by atoms with Gasteiger partial charge < -0.3 is 10.6 Å². The Bertz CT molecular complexity index is 622. The fraction of sp³-hybridized carbons (Fsp3) is 0.278. The van der Waals surface area contributed by atoms with E-state index in [0.717, 1.165) is 23.4 Å². The molecular weight excluding hydrogens is 260 g/mol. The Hall–Kier alpha value is -2.29. The van der Waals surface area contributed by atoms with E-state index >= 15 is 0 Å². The van der Waals surface area contributed by atoms with Gasteiger partial charge in [0.15, 0.2) is 0 Å². The van der Waals surface area contributed by atoms with E-state index in [2.05, 4.69) is 30.5 Å². The Morgan fingerprint density at radius 1 is 1.00 bits per heavy atom. The molecule has 0 saturated heterocycles. The number of benzene rings is 2. The van der Waals surface area contributed by atoms with Gasteiger partial charge in [-0.25, -0.2) is 4.79 Å². The zero-order valence-electron chi connectivity index (χ0n) is 12.8. The Kier molecular flexibility index (Phi) is 4.99. The summed E-state index contributed by atoms with van der Waals surface area (Å²) >= 11 is 0. The second-order valence-electron chi connectivity index (χ2n) is 5.29. The van der Waals surface area contributed by atoms with Crippen LogP contribution in [0, 0.1) is 6.92 Å². The van der Waals surface area contributed by atoms with E-state index in [9.17, 15) is 4.79 Å². The quantitative estimate of drug-likeness (QED) is 0.799. The summed E-state index contributed by atoms with van der Waals surface area (Å²) in [6, 6.07) is 15.5. The highest BCUT2D eigenvalue weighted by Crippen LogP contribution is 2.26. The van der Waals surface area contributed by atoms with Crippen molar-refractivity contribution in [2.75, 3.05) is 10.6 Å². The van der Waals surface area contributed by atoms with Crippen molar-refractivity contribution in [1.82, 2.24) is 0 Å². The minimum atomic E-state index is -0.208. The SMILES string of the molecule is CCC(C)c1ccccc1NC(=O)Nc1ccccc1C. The van der Waals surface area contributed by atoms with E-state index in [4.69, 9.17) is 0 Å². The minimum Gasteiger partial charge on any atom is -0.307 e. The summed E-state index contributed by atoms with van der Waals surface area (Å²) in [6.07, 6.45) is 1.04. The summed E-state index contributed by atoms with van der Waals surface area (Å²) < 4.78 is 0. The summed E-state index contributed by atoms with van der Waals surface area (Å²) in [4.78, 5) is 12.2. The second kappa shape index (κ2) is 6.93. The molecule has 0 fully saturated rings. The van der Waals surface area contributed by atoms with Crippen molar-refractivity contribution in [2.24, 2.45) is 0 Å². The van der Waals surface area contributed by atoms with Crippen molar-refractivity contribution >= 4 is 17.4 Å². The molecule has 3 heteroatoms. The number of amides is 2. The third-order valence-electron chi connectivity index (χ3n) is 3.75. The fourth-order valence-electron chi connectivity index (χ4n) is 2.25. The maximum atomic E-state index is 12.2. The molecule has 2 rings (SSSR count). The van der Waals surface area contributed by atoms with Gasteiger partial charge in [-0.3, -0.25) is 0 Å². The van der Waals surface area contributed by atoms with E-state index in [1.165, 1.54) is 5.56 Å². The van der Waals surface area contributed by atoms with Gasteiger partial charge in [0.05, 0.1) is 0 Å². The van der Waals surface area contributed by atoms with Gasteiger partial charge in [-0.15, -0.1) is 0 Å². The molecule has 3 nitrogen and oxygen atoms in total. The van der Waals surface area contributed by atoms with Gasteiger partial charge in [-0.2, -0.15) is 0 Å². The lowest BCUT2D eigenvalue weighted by Crippen LogP contribution is -2.21. The Labute approximate surface area is 126 Å². The van der Waals surface area contributed by atoms with Crippen LogP contribution in [0.1, 0.15) is 37.3 Å². The predicted molar refractivity (Wildman–Crippen MR) is 89.0 cm³/mol. The van der Waals surface area contributed by atoms with Crippen LogP contribution in [0.15, 0.2) is 48.5 Å². The summed E-state index contributed by atoms with van der Waals surface area (Å²) in [6.45, 7) is 6.29. The second-order valence-corrected chi connectivity index (χ2v) is 5.29. The van der Waals surface area contributed by atoms with Crippen LogP contribution in [0.25, 0.3) is 0 Å². The molecule has 0 saturated carbocycles. The van der Waals surface area contributed by atoms with Crippen molar-refractivity contribution < 1.29 is 4.79 Å². The molecule has 0 aromatic heterocycles. The van der Waals surface area contributed by atoms with Crippen molar-refractivity contribution in [1.29, 1.82) is 0 Å². The number of aryl methyl sites for hydroxylation is 1. The molecule has 2 aromatic carbocycles. The molecule has 0 aliphatic heterocycles. The molecule has 21 heavy (non-hydrogen) atoms. The summed E-state index contributed by atoms with van der Waals surface area (Å²) in [5, 5.41) is 5.84. The number of nitrogens with one attached hydrogen (secondary N) is 2. The van der Waals surface area contributed by atoms with Crippen LogP contribution in [0.5, 0.6) is 0 Å². The van der Waals surface area contributed by atoms with Gasteiger partial charge in [-0.1, -0.05) is 50.2 Å². The molecule has 0 aliphatic carbocycles. The number of urea groups is 1. The number of carbonyl (C=O) groups is 1. The Morgan fingerprint density at radius 3 is 2.24 bits per heavy atom. The normalized spacial score (nSPS) is 11.8. The number of hydrogen-bond acceptors (Lipinski definition) is 1. The lowest BCUT2D eigenvalue weighted by atomic mass is 9.97. The maximum Gasteiger partial charge on any atom is 0.323 e. The first-order valence-electron chi connectivity index (χ1n) is 7.34. The first-order valence-corrected chi connectivity index (χ1v) is 7.34. The third-order valence-corrected chi connectivity index (χ3v) is 3.75. The average molecular weight is 282 g/mol. The lowest BCUT2D eigenvalue weighted by Gasteiger charge is -2.16. The Morgan fingerprint density at radius 2 is 1.57 bits per heavy atom. The van der Waals surface area contributed by atoms with Crippen LogP contribution < -0.4 is 10.6 Å². The van der Waals surface area contributed by atoms with E-state index < -0.39 is 0 Å². The first-order chi connectivity index (χ1) is 10.1. The molecule has 2 aromatic rings. The molecule has 0 heterocycles. The average Bonchev–Trinajstić information content (AvgIpc) is 2.49. The zero-order valence-corrected chi connectivity index (χ0v) is 12.8. The largest absolute Gasteiger partial charge is 0.323 e. The molecule has 0 bridgehead atoms. The van der Waals surface area contributed by atoms with Crippen molar-refractivity contribution in [3.63, 3.8) is 0 Å². The summed E-state index contributed by atoms with van der Waals surface area (Å²) in [5.41, 5.74) is 3.91. The van der Waals surface area contributed by atoms with Crippen LogP contribution in [0.2, 0.25) is 0 Å².